The van der Waals surface area contributed by atoms with Gasteiger partial charge in [0, 0.05) is 17.8 Å². The molecule has 0 aliphatic rings. The Hall–Kier alpha value is -2.69. The summed E-state index contributed by atoms with van der Waals surface area (Å²) in [5, 5.41) is 8.61. The number of carboxylic acids is 1. The summed E-state index contributed by atoms with van der Waals surface area (Å²) in [4.78, 5) is 14.6. The van der Waals surface area contributed by atoms with Crippen molar-refractivity contribution in [3.8, 4) is 5.75 Å². The second-order valence-electron chi connectivity index (χ2n) is 3.96. The van der Waals surface area contributed by atoms with Crippen molar-refractivity contribution in [3.05, 3.63) is 65.7 Å². The summed E-state index contributed by atoms with van der Waals surface area (Å²) >= 11 is 0. The zero-order chi connectivity index (χ0) is 14.4. The Morgan fingerprint density at radius 2 is 2.20 bits per heavy atom. The van der Waals surface area contributed by atoms with Gasteiger partial charge in [-0.1, -0.05) is 6.07 Å². The van der Waals surface area contributed by atoms with Crippen LogP contribution in [0, 0.1) is 5.82 Å². The molecule has 2 rings (SSSR count). The van der Waals surface area contributed by atoms with Crippen LogP contribution in [0.15, 0.2) is 48.7 Å². The summed E-state index contributed by atoms with van der Waals surface area (Å²) in [5.41, 5.74) is 1.09. The highest BCUT2D eigenvalue weighted by Gasteiger charge is 2.04. The first-order chi connectivity index (χ1) is 9.65. The quantitative estimate of drug-likeness (QED) is 0.851. The molecule has 2 aromatic rings. The maximum atomic E-state index is 13.2. The second-order valence-corrected chi connectivity index (χ2v) is 3.96. The maximum Gasteiger partial charge on any atom is 0.328 e. The molecule has 0 saturated carbocycles. The highest BCUT2D eigenvalue weighted by Crippen LogP contribution is 2.22. The fourth-order valence-electron chi connectivity index (χ4n) is 1.58. The average molecular weight is 273 g/mol. The summed E-state index contributed by atoms with van der Waals surface area (Å²) in [6.07, 6.45) is 3.87. The van der Waals surface area contributed by atoms with Crippen molar-refractivity contribution in [3.63, 3.8) is 0 Å². The number of rotatable bonds is 5. The molecule has 1 aromatic heterocycles. The number of pyridine rings is 1. The van der Waals surface area contributed by atoms with E-state index in [4.69, 9.17) is 9.84 Å². The SMILES string of the molecule is O=C(O)/C=C/c1cc(F)ccc1OCc1ccccn1. The lowest BCUT2D eigenvalue weighted by Gasteiger charge is -2.09. The highest BCUT2D eigenvalue weighted by atomic mass is 19.1. The number of aliphatic carboxylic acids is 1. The number of aromatic nitrogens is 1. The number of carboxylic acid groups (broad SMARTS) is 1. The first-order valence-electron chi connectivity index (χ1n) is 5.88. The molecular weight excluding hydrogens is 261 g/mol. The molecule has 0 aliphatic heterocycles. The number of benzene rings is 1. The number of nitrogens with zero attached hydrogens (tertiary/aromatic N) is 1. The van der Waals surface area contributed by atoms with E-state index < -0.39 is 11.8 Å². The van der Waals surface area contributed by atoms with Gasteiger partial charge in [-0.15, -0.1) is 0 Å². The van der Waals surface area contributed by atoms with E-state index in [1.54, 1.807) is 18.3 Å². The van der Waals surface area contributed by atoms with Crippen molar-refractivity contribution in [2.45, 2.75) is 6.61 Å². The molecule has 0 spiro atoms. The van der Waals surface area contributed by atoms with Crippen LogP contribution in [0.4, 0.5) is 4.39 Å². The van der Waals surface area contributed by atoms with Crippen molar-refractivity contribution >= 4 is 12.0 Å². The molecule has 1 N–H and O–H groups in total. The fraction of sp³-hybridized carbons (Fsp3) is 0.0667. The molecule has 0 aliphatic carbocycles. The van der Waals surface area contributed by atoms with Crippen LogP contribution in [0.25, 0.3) is 6.08 Å². The largest absolute Gasteiger partial charge is 0.487 e. The zero-order valence-corrected chi connectivity index (χ0v) is 10.5. The molecule has 4 nitrogen and oxygen atoms in total. The average Bonchev–Trinajstić information content (AvgIpc) is 2.45. The fourth-order valence-corrected chi connectivity index (χ4v) is 1.58. The molecule has 0 atom stereocenters. The molecule has 0 amide bonds. The van der Waals surface area contributed by atoms with Gasteiger partial charge >= 0.3 is 5.97 Å². The monoisotopic (exact) mass is 273 g/mol. The van der Waals surface area contributed by atoms with Gasteiger partial charge in [0.25, 0.3) is 0 Å². The Balaban J connectivity index is 2.16. The molecule has 0 unspecified atom stereocenters. The van der Waals surface area contributed by atoms with Crippen molar-refractivity contribution < 1.29 is 19.0 Å². The number of hydrogen-bond acceptors (Lipinski definition) is 3. The Labute approximate surface area is 115 Å². The van der Waals surface area contributed by atoms with E-state index >= 15 is 0 Å². The minimum atomic E-state index is -1.11. The third-order valence-corrected chi connectivity index (χ3v) is 2.48. The lowest BCUT2D eigenvalue weighted by atomic mass is 10.2. The maximum absolute atomic E-state index is 13.2. The van der Waals surface area contributed by atoms with Crippen LogP contribution in [0.3, 0.4) is 0 Å². The molecule has 0 fully saturated rings. The van der Waals surface area contributed by atoms with E-state index in [0.717, 1.165) is 11.8 Å². The van der Waals surface area contributed by atoms with Crippen molar-refractivity contribution in [1.82, 2.24) is 4.98 Å². The van der Waals surface area contributed by atoms with Gasteiger partial charge in [0.15, 0.2) is 0 Å². The lowest BCUT2D eigenvalue weighted by molar-refractivity contribution is -0.131. The van der Waals surface area contributed by atoms with Crippen LogP contribution in [0.2, 0.25) is 0 Å². The minimum Gasteiger partial charge on any atom is -0.487 e. The van der Waals surface area contributed by atoms with Crippen LogP contribution >= 0.6 is 0 Å². The Morgan fingerprint density at radius 1 is 1.35 bits per heavy atom. The highest BCUT2D eigenvalue weighted by molar-refractivity contribution is 5.85. The van der Waals surface area contributed by atoms with Crippen LogP contribution in [-0.2, 0) is 11.4 Å². The second kappa shape index (κ2) is 6.47. The summed E-state index contributed by atoms with van der Waals surface area (Å²) < 4.78 is 18.7. The molecule has 1 heterocycles. The molecule has 20 heavy (non-hydrogen) atoms. The van der Waals surface area contributed by atoms with Crippen molar-refractivity contribution in [2.24, 2.45) is 0 Å². The van der Waals surface area contributed by atoms with E-state index in [0.29, 0.717) is 11.3 Å². The first-order valence-corrected chi connectivity index (χ1v) is 5.88. The number of hydrogen-bond donors (Lipinski definition) is 1. The molecule has 0 bridgehead atoms. The zero-order valence-electron chi connectivity index (χ0n) is 10.5. The van der Waals surface area contributed by atoms with Crippen LogP contribution in [-0.4, -0.2) is 16.1 Å². The number of ether oxygens (including phenoxy) is 1. The summed E-state index contributed by atoms with van der Waals surface area (Å²) in [5.74, 6) is -1.17. The van der Waals surface area contributed by atoms with Gasteiger partial charge in [-0.3, -0.25) is 4.98 Å². The van der Waals surface area contributed by atoms with Crippen LogP contribution in [0.1, 0.15) is 11.3 Å². The summed E-state index contributed by atoms with van der Waals surface area (Å²) in [6.45, 7) is 0.223. The van der Waals surface area contributed by atoms with Gasteiger partial charge in [-0.05, 0) is 36.4 Å². The van der Waals surface area contributed by atoms with E-state index in [2.05, 4.69) is 4.98 Å². The van der Waals surface area contributed by atoms with E-state index in [1.165, 1.54) is 24.3 Å². The van der Waals surface area contributed by atoms with E-state index in [9.17, 15) is 9.18 Å². The van der Waals surface area contributed by atoms with Gasteiger partial charge in [0.2, 0.25) is 0 Å². The van der Waals surface area contributed by atoms with Crippen molar-refractivity contribution in [1.29, 1.82) is 0 Å². The van der Waals surface area contributed by atoms with Gasteiger partial charge in [-0.2, -0.15) is 0 Å². The Bertz CT molecular complexity index is 626. The van der Waals surface area contributed by atoms with Gasteiger partial charge in [-0.25, -0.2) is 9.18 Å². The summed E-state index contributed by atoms with van der Waals surface area (Å²) in [6, 6.07) is 9.36. The molecule has 1 aromatic carbocycles. The first kappa shape index (κ1) is 13.7. The van der Waals surface area contributed by atoms with Crippen LogP contribution in [0.5, 0.6) is 5.75 Å². The normalized spacial score (nSPS) is 10.7. The molecule has 0 saturated heterocycles. The van der Waals surface area contributed by atoms with Gasteiger partial charge < -0.3 is 9.84 Å². The molecule has 5 heteroatoms. The third kappa shape index (κ3) is 3.91. The van der Waals surface area contributed by atoms with Crippen LogP contribution < -0.4 is 4.74 Å². The minimum absolute atomic E-state index is 0.223. The number of carbonyl (C=O) groups is 1. The van der Waals surface area contributed by atoms with E-state index in [1.807, 2.05) is 6.07 Å². The molecule has 0 radical (unpaired) electrons. The standard InChI is InChI=1S/C15H12FNO3/c16-12-5-6-14(11(9-12)4-7-15(18)19)20-10-13-3-1-2-8-17-13/h1-9H,10H2,(H,18,19)/b7-4+. The molecule has 102 valence electrons. The van der Waals surface area contributed by atoms with Gasteiger partial charge in [0.1, 0.15) is 18.2 Å². The van der Waals surface area contributed by atoms with Gasteiger partial charge in [0.05, 0.1) is 5.69 Å². The predicted octanol–water partition coefficient (Wildman–Crippen LogP) is 2.90. The van der Waals surface area contributed by atoms with Crippen molar-refractivity contribution in [2.75, 3.05) is 0 Å². The topological polar surface area (TPSA) is 59.4 Å². The smallest absolute Gasteiger partial charge is 0.328 e. The lowest BCUT2D eigenvalue weighted by Crippen LogP contribution is -1.99. The third-order valence-electron chi connectivity index (χ3n) is 2.48. The van der Waals surface area contributed by atoms with E-state index in [-0.39, 0.29) is 6.61 Å². The Morgan fingerprint density at radius 3 is 2.90 bits per heavy atom. The number of halogens is 1. The molecular formula is C15H12FNO3. The summed E-state index contributed by atoms with van der Waals surface area (Å²) in [7, 11) is 0. The predicted molar refractivity (Wildman–Crippen MR) is 71.6 cm³/mol. The Kier molecular flexibility index (Phi) is 4.44.